The van der Waals surface area contributed by atoms with Gasteiger partial charge in [0.25, 0.3) is 5.91 Å². The number of piperazine rings is 1. The molecule has 1 atom stereocenters. The number of ether oxygens (including phenoxy) is 1. The predicted molar refractivity (Wildman–Crippen MR) is 107 cm³/mol. The van der Waals surface area contributed by atoms with Crippen LogP contribution in [-0.2, 0) is 4.79 Å². The van der Waals surface area contributed by atoms with E-state index in [9.17, 15) is 18.4 Å². The summed E-state index contributed by atoms with van der Waals surface area (Å²) >= 11 is 1.50. The van der Waals surface area contributed by atoms with Crippen LogP contribution in [-0.4, -0.2) is 59.7 Å². The highest BCUT2D eigenvalue weighted by Crippen LogP contribution is 2.25. The summed E-state index contributed by atoms with van der Waals surface area (Å²) in [5.41, 5.74) is 0.0978. The number of amides is 2. The Morgan fingerprint density at radius 2 is 1.52 bits per heavy atom. The Bertz CT molecular complexity index is 843. The zero-order valence-corrected chi connectivity index (χ0v) is 16.8. The number of rotatable bonds is 6. The van der Waals surface area contributed by atoms with Crippen LogP contribution in [0.15, 0.2) is 59.5 Å². The van der Waals surface area contributed by atoms with E-state index in [1.54, 1.807) is 15.9 Å². The lowest BCUT2D eigenvalue weighted by atomic mass is 10.1. The van der Waals surface area contributed by atoms with Gasteiger partial charge in [-0.05, 0) is 31.2 Å². The van der Waals surface area contributed by atoms with Crippen LogP contribution < -0.4 is 4.74 Å². The summed E-state index contributed by atoms with van der Waals surface area (Å²) in [6.45, 7) is 0.369. The number of para-hydroxylation sites is 1. The third-order valence-corrected chi connectivity index (χ3v) is 5.72. The normalized spacial score (nSPS) is 15.3. The predicted octanol–water partition coefficient (Wildman–Crippen LogP) is 3.75. The molecule has 1 unspecified atom stereocenters. The highest BCUT2D eigenvalue weighted by atomic mass is 32.2. The number of halogens is 2. The summed E-state index contributed by atoms with van der Waals surface area (Å²) in [4.78, 5) is 29.8. The molecule has 0 radical (unpaired) electrons. The van der Waals surface area contributed by atoms with Crippen LogP contribution in [0.4, 0.5) is 8.78 Å². The third-order valence-electron chi connectivity index (χ3n) is 4.62. The van der Waals surface area contributed by atoms with Crippen molar-refractivity contribution in [1.29, 1.82) is 0 Å². The van der Waals surface area contributed by atoms with Gasteiger partial charge in [0, 0.05) is 31.1 Å². The molecule has 1 aliphatic heterocycles. The summed E-state index contributed by atoms with van der Waals surface area (Å²) in [5, 5.41) is -0.236. The summed E-state index contributed by atoms with van der Waals surface area (Å²) < 4.78 is 29.6. The van der Waals surface area contributed by atoms with Crippen LogP contribution in [0.3, 0.4) is 0 Å². The Hall–Kier alpha value is -2.61. The Balaban J connectivity index is 1.57. The minimum absolute atomic E-state index is 0.0207. The van der Waals surface area contributed by atoms with Gasteiger partial charge < -0.3 is 14.5 Å². The second kappa shape index (κ2) is 9.73. The lowest BCUT2D eigenvalue weighted by molar-refractivity contribution is -0.131. The van der Waals surface area contributed by atoms with Crippen molar-refractivity contribution in [2.45, 2.75) is 23.7 Å². The standard InChI is InChI=1S/C21H22F2N2O3S/c1-15(29-16-7-3-2-4-8-16)19(26)24-11-13-25(14-12-24)20(27)17-9-5-6-10-18(17)28-21(22)23/h2-10,15,21H,11-14H2,1H3. The molecule has 1 aliphatic rings. The minimum atomic E-state index is -3.00. The van der Waals surface area contributed by atoms with Crippen LogP contribution in [0, 0.1) is 0 Å². The largest absolute Gasteiger partial charge is 0.434 e. The number of hydrogen-bond donors (Lipinski definition) is 0. The molecule has 3 rings (SSSR count). The van der Waals surface area contributed by atoms with Crippen molar-refractivity contribution < 1.29 is 23.1 Å². The molecule has 2 amide bonds. The van der Waals surface area contributed by atoms with Gasteiger partial charge in [-0.2, -0.15) is 8.78 Å². The van der Waals surface area contributed by atoms with Gasteiger partial charge >= 0.3 is 6.61 Å². The van der Waals surface area contributed by atoms with Crippen LogP contribution in [0.1, 0.15) is 17.3 Å². The quantitative estimate of drug-likeness (QED) is 0.668. The van der Waals surface area contributed by atoms with Gasteiger partial charge in [0.2, 0.25) is 5.91 Å². The SMILES string of the molecule is CC(Sc1ccccc1)C(=O)N1CCN(C(=O)c2ccccc2OC(F)F)CC1. The first-order valence-corrected chi connectivity index (χ1v) is 10.2. The van der Waals surface area contributed by atoms with Gasteiger partial charge in [-0.25, -0.2) is 0 Å². The molecule has 0 saturated carbocycles. The summed E-state index contributed by atoms with van der Waals surface area (Å²) in [7, 11) is 0. The average Bonchev–Trinajstić information content (AvgIpc) is 2.73. The van der Waals surface area contributed by atoms with Crippen molar-refractivity contribution in [3.8, 4) is 5.75 Å². The van der Waals surface area contributed by atoms with Crippen molar-refractivity contribution in [1.82, 2.24) is 9.80 Å². The molecule has 8 heteroatoms. The maximum atomic E-state index is 12.7. The van der Waals surface area contributed by atoms with Gasteiger partial charge in [-0.15, -0.1) is 11.8 Å². The summed E-state index contributed by atoms with van der Waals surface area (Å²) in [6.07, 6.45) is 0. The molecule has 154 valence electrons. The monoisotopic (exact) mass is 420 g/mol. The molecule has 0 aliphatic carbocycles. The molecule has 0 aromatic heterocycles. The maximum Gasteiger partial charge on any atom is 0.387 e. The molecule has 1 fully saturated rings. The van der Waals surface area contributed by atoms with Gasteiger partial charge in [0.15, 0.2) is 0 Å². The minimum Gasteiger partial charge on any atom is -0.434 e. The molecular formula is C21H22F2N2O3S. The zero-order chi connectivity index (χ0) is 20.8. The average molecular weight is 420 g/mol. The molecule has 0 bridgehead atoms. The molecule has 0 N–H and O–H groups in total. The van der Waals surface area contributed by atoms with E-state index in [0.29, 0.717) is 26.2 Å². The zero-order valence-electron chi connectivity index (χ0n) is 16.0. The number of carbonyl (C=O) groups excluding carboxylic acids is 2. The van der Waals surface area contributed by atoms with Gasteiger partial charge in [-0.3, -0.25) is 9.59 Å². The highest BCUT2D eigenvalue weighted by Gasteiger charge is 2.29. The first kappa shape index (κ1) is 21.1. The van der Waals surface area contributed by atoms with Crippen molar-refractivity contribution in [3.05, 3.63) is 60.2 Å². The van der Waals surface area contributed by atoms with Crippen molar-refractivity contribution in [2.24, 2.45) is 0 Å². The second-order valence-corrected chi connectivity index (χ2v) is 7.98. The number of alkyl halides is 2. The Morgan fingerprint density at radius 1 is 0.931 bits per heavy atom. The van der Waals surface area contributed by atoms with Crippen LogP contribution in [0.2, 0.25) is 0 Å². The van der Waals surface area contributed by atoms with E-state index in [-0.39, 0.29) is 28.4 Å². The van der Waals surface area contributed by atoms with Gasteiger partial charge in [0.1, 0.15) is 5.75 Å². The maximum absolute atomic E-state index is 12.7. The van der Waals surface area contributed by atoms with E-state index in [0.717, 1.165) is 4.90 Å². The fourth-order valence-corrected chi connectivity index (χ4v) is 4.13. The third kappa shape index (κ3) is 5.47. The molecule has 5 nitrogen and oxygen atoms in total. The van der Waals surface area contributed by atoms with E-state index >= 15 is 0 Å². The van der Waals surface area contributed by atoms with Crippen LogP contribution in [0.25, 0.3) is 0 Å². The number of carbonyl (C=O) groups is 2. The second-order valence-electron chi connectivity index (χ2n) is 6.57. The molecule has 0 spiro atoms. The Labute approximate surface area is 172 Å². The fraction of sp³-hybridized carbons (Fsp3) is 0.333. The van der Waals surface area contributed by atoms with E-state index in [1.165, 1.54) is 30.0 Å². The van der Waals surface area contributed by atoms with Crippen molar-refractivity contribution in [3.63, 3.8) is 0 Å². The fourth-order valence-electron chi connectivity index (χ4n) is 3.15. The molecule has 29 heavy (non-hydrogen) atoms. The summed E-state index contributed by atoms with van der Waals surface area (Å²) in [5.74, 6) is -0.494. The number of hydrogen-bond acceptors (Lipinski definition) is 4. The molecule has 1 heterocycles. The number of benzene rings is 2. The molecular weight excluding hydrogens is 398 g/mol. The Morgan fingerprint density at radius 3 is 2.17 bits per heavy atom. The molecule has 2 aromatic rings. The first-order chi connectivity index (χ1) is 14.0. The van der Waals surface area contributed by atoms with Crippen LogP contribution >= 0.6 is 11.8 Å². The van der Waals surface area contributed by atoms with Gasteiger partial charge in [0.05, 0.1) is 10.8 Å². The highest BCUT2D eigenvalue weighted by molar-refractivity contribution is 8.00. The molecule has 2 aromatic carbocycles. The van der Waals surface area contributed by atoms with E-state index < -0.39 is 6.61 Å². The van der Waals surface area contributed by atoms with Crippen molar-refractivity contribution in [2.75, 3.05) is 26.2 Å². The van der Waals surface area contributed by atoms with Crippen molar-refractivity contribution >= 4 is 23.6 Å². The van der Waals surface area contributed by atoms with E-state index in [2.05, 4.69) is 4.74 Å². The first-order valence-electron chi connectivity index (χ1n) is 9.29. The lowest BCUT2D eigenvalue weighted by Gasteiger charge is -2.36. The van der Waals surface area contributed by atoms with Crippen LogP contribution in [0.5, 0.6) is 5.75 Å². The Kier molecular flexibility index (Phi) is 7.09. The smallest absolute Gasteiger partial charge is 0.387 e. The topological polar surface area (TPSA) is 49.9 Å². The number of nitrogens with zero attached hydrogens (tertiary/aromatic N) is 2. The summed E-state index contributed by atoms with van der Waals surface area (Å²) in [6, 6.07) is 15.7. The van der Waals surface area contributed by atoms with E-state index in [4.69, 9.17) is 0 Å². The van der Waals surface area contributed by atoms with Gasteiger partial charge in [-0.1, -0.05) is 30.3 Å². The number of thioether (sulfide) groups is 1. The van der Waals surface area contributed by atoms with E-state index in [1.807, 2.05) is 37.3 Å². The molecule has 1 saturated heterocycles. The lowest BCUT2D eigenvalue weighted by Crippen LogP contribution is -2.52.